The van der Waals surface area contributed by atoms with Gasteiger partial charge in [-0.15, -0.1) is 0 Å². The summed E-state index contributed by atoms with van der Waals surface area (Å²) in [4.78, 5) is 28.1. The van der Waals surface area contributed by atoms with Crippen molar-refractivity contribution in [1.82, 2.24) is 4.90 Å². The zero-order chi connectivity index (χ0) is 27.1. The molecule has 3 aromatic carbocycles. The lowest BCUT2D eigenvalue weighted by Crippen LogP contribution is -2.69. The van der Waals surface area contributed by atoms with E-state index in [0.29, 0.717) is 17.5 Å². The van der Waals surface area contributed by atoms with Crippen LogP contribution >= 0.6 is 0 Å². The Bertz CT molecular complexity index is 1230. The number of carbonyl (C=O) groups excluding carboxylic acids is 2. The second kappa shape index (κ2) is 10.2. The molecule has 0 spiro atoms. The van der Waals surface area contributed by atoms with E-state index >= 15 is 0 Å². The van der Waals surface area contributed by atoms with Crippen molar-refractivity contribution < 1.29 is 23.9 Å². The number of hydrogen-bond donors (Lipinski definition) is 1. The summed E-state index contributed by atoms with van der Waals surface area (Å²) in [5, 5.41) is 12.5. The summed E-state index contributed by atoms with van der Waals surface area (Å²) in [5.41, 5.74) is 0.813. The van der Waals surface area contributed by atoms with Crippen molar-refractivity contribution in [3.63, 3.8) is 0 Å². The molecule has 1 fully saturated rings. The molecule has 0 aromatic heterocycles. The van der Waals surface area contributed by atoms with Crippen molar-refractivity contribution in [1.29, 1.82) is 0 Å². The summed E-state index contributed by atoms with van der Waals surface area (Å²) in [5.74, 6) is -0.947. The first-order chi connectivity index (χ1) is 18.2. The summed E-state index contributed by atoms with van der Waals surface area (Å²) in [7, 11) is -1.38. The van der Waals surface area contributed by atoms with Crippen LogP contribution in [-0.4, -0.2) is 62.1 Å². The maximum absolute atomic E-state index is 13.4. The number of imide groups is 1. The minimum absolute atomic E-state index is 0.137. The SMILES string of the molecule is CO[C@@H]1[C@H](O[Si](c2ccccc2)(c2ccccc2)C(C)(C)C)[C@@H](CO)C[C@H]1N1C(=O)c2ccccc2C1=O. The van der Waals surface area contributed by atoms with Gasteiger partial charge in [0.15, 0.2) is 0 Å². The van der Waals surface area contributed by atoms with Crippen molar-refractivity contribution in [2.24, 2.45) is 5.92 Å². The highest BCUT2D eigenvalue weighted by molar-refractivity contribution is 6.99. The summed E-state index contributed by atoms with van der Waals surface area (Å²) < 4.78 is 13.4. The molecule has 0 unspecified atom stereocenters. The van der Waals surface area contributed by atoms with Crippen LogP contribution in [0.3, 0.4) is 0 Å². The normalized spacial score (nSPS) is 23.7. The summed E-state index contributed by atoms with van der Waals surface area (Å²) >= 11 is 0. The number of ether oxygens (including phenoxy) is 1. The molecule has 2 amide bonds. The van der Waals surface area contributed by atoms with Crippen LogP contribution in [-0.2, 0) is 9.16 Å². The van der Waals surface area contributed by atoms with Crippen LogP contribution < -0.4 is 10.4 Å². The molecule has 2 aliphatic rings. The van der Waals surface area contributed by atoms with E-state index in [1.165, 1.54) is 4.90 Å². The Morgan fingerprint density at radius 2 is 1.29 bits per heavy atom. The van der Waals surface area contributed by atoms with Gasteiger partial charge in [0, 0.05) is 19.6 Å². The quantitative estimate of drug-likeness (QED) is 0.374. The first-order valence-corrected chi connectivity index (χ1v) is 15.0. The van der Waals surface area contributed by atoms with E-state index in [9.17, 15) is 14.7 Å². The van der Waals surface area contributed by atoms with E-state index < -0.39 is 26.6 Å². The van der Waals surface area contributed by atoms with Gasteiger partial charge >= 0.3 is 0 Å². The zero-order valence-electron chi connectivity index (χ0n) is 22.3. The number of rotatable bonds is 7. The predicted molar refractivity (Wildman–Crippen MR) is 149 cm³/mol. The highest BCUT2D eigenvalue weighted by Gasteiger charge is 2.58. The number of nitrogens with zero attached hydrogens (tertiary/aromatic N) is 1. The third-order valence-electron chi connectivity index (χ3n) is 8.11. The molecule has 3 aromatic rings. The molecule has 0 saturated heterocycles. The number of aliphatic hydroxyl groups excluding tert-OH is 1. The first kappa shape index (κ1) is 26.5. The summed E-state index contributed by atoms with van der Waals surface area (Å²) in [6.45, 7) is 6.46. The number of hydrogen-bond acceptors (Lipinski definition) is 5. The summed E-state index contributed by atoms with van der Waals surface area (Å²) in [6, 6.07) is 27.0. The van der Waals surface area contributed by atoms with Crippen molar-refractivity contribution in [3.8, 4) is 0 Å². The summed E-state index contributed by atoms with van der Waals surface area (Å²) in [6.07, 6.45) is -0.704. The van der Waals surface area contributed by atoms with Crippen LogP contribution in [0.15, 0.2) is 84.9 Å². The second-order valence-corrected chi connectivity index (χ2v) is 15.5. The molecule has 6 nitrogen and oxygen atoms in total. The van der Waals surface area contributed by atoms with Crippen LogP contribution in [0.1, 0.15) is 47.9 Å². The largest absolute Gasteiger partial charge is 0.401 e. The maximum Gasteiger partial charge on any atom is 0.261 e. The van der Waals surface area contributed by atoms with Gasteiger partial charge in [0.2, 0.25) is 0 Å². The zero-order valence-corrected chi connectivity index (χ0v) is 23.3. The molecule has 5 rings (SSSR count). The Morgan fingerprint density at radius 1 is 0.816 bits per heavy atom. The molecular formula is C31H35NO5Si. The number of benzene rings is 3. The average Bonchev–Trinajstić information content (AvgIpc) is 3.40. The minimum Gasteiger partial charge on any atom is -0.401 e. The molecule has 0 radical (unpaired) electrons. The predicted octanol–water partition coefficient (Wildman–Crippen LogP) is 3.62. The fraction of sp³-hybridized carbons (Fsp3) is 0.355. The van der Waals surface area contributed by atoms with Gasteiger partial charge in [-0.25, -0.2) is 0 Å². The molecule has 7 heteroatoms. The van der Waals surface area contributed by atoms with E-state index in [4.69, 9.17) is 9.16 Å². The van der Waals surface area contributed by atoms with Gasteiger partial charge in [0.1, 0.15) is 6.10 Å². The van der Waals surface area contributed by atoms with Gasteiger partial charge in [-0.05, 0) is 34.0 Å². The lowest BCUT2D eigenvalue weighted by molar-refractivity contribution is -0.0284. The molecule has 1 heterocycles. The number of amides is 2. The Balaban J connectivity index is 1.60. The van der Waals surface area contributed by atoms with Gasteiger partial charge in [-0.2, -0.15) is 0 Å². The molecule has 38 heavy (non-hydrogen) atoms. The van der Waals surface area contributed by atoms with Crippen LogP contribution in [0.25, 0.3) is 0 Å². The Labute approximate surface area is 225 Å². The smallest absolute Gasteiger partial charge is 0.261 e. The Hall–Kier alpha value is -3.10. The lowest BCUT2D eigenvalue weighted by atomic mass is 10.1. The monoisotopic (exact) mass is 529 g/mol. The Kier molecular flexibility index (Phi) is 7.13. The molecule has 0 bridgehead atoms. The maximum atomic E-state index is 13.4. The lowest BCUT2D eigenvalue weighted by Gasteiger charge is -2.46. The van der Waals surface area contributed by atoms with Gasteiger partial charge < -0.3 is 14.3 Å². The molecule has 1 saturated carbocycles. The first-order valence-electron chi connectivity index (χ1n) is 13.1. The number of methoxy groups -OCH3 is 1. The fourth-order valence-electron chi connectivity index (χ4n) is 6.36. The standard InChI is InChI=1S/C31H35NO5Si/c1-31(2,3)38(22-13-7-5-8-14-22,23-15-9-6-10-16-23)37-27-21(20-33)19-26(28(27)36-4)32-29(34)24-17-11-12-18-25(24)30(32)35/h5-18,21,26-28,33H,19-20H2,1-4H3/t21-,26-,27-,28+/m1/s1. The molecule has 1 aliphatic heterocycles. The minimum atomic E-state index is -2.98. The number of carbonyl (C=O) groups is 2. The number of fused-ring (bicyclic) bond motifs is 1. The molecular weight excluding hydrogens is 494 g/mol. The molecule has 1 aliphatic carbocycles. The topological polar surface area (TPSA) is 76.1 Å². The molecule has 4 atom stereocenters. The van der Waals surface area contributed by atoms with E-state index in [2.05, 4.69) is 45.0 Å². The third kappa shape index (κ3) is 4.14. The Morgan fingerprint density at radius 3 is 1.71 bits per heavy atom. The van der Waals surface area contributed by atoms with E-state index in [-0.39, 0.29) is 29.4 Å². The van der Waals surface area contributed by atoms with Crippen LogP contribution in [0.4, 0.5) is 0 Å². The van der Waals surface area contributed by atoms with Crippen LogP contribution in [0.2, 0.25) is 5.04 Å². The molecule has 198 valence electrons. The van der Waals surface area contributed by atoms with Crippen molar-refractivity contribution in [2.75, 3.05) is 13.7 Å². The van der Waals surface area contributed by atoms with Crippen LogP contribution in [0, 0.1) is 5.92 Å². The second-order valence-electron chi connectivity index (χ2n) is 11.2. The van der Waals surface area contributed by atoms with Gasteiger partial charge in [0.05, 0.1) is 23.3 Å². The van der Waals surface area contributed by atoms with Crippen molar-refractivity contribution in [2.45, 2.75) is 50.5 Å². The van der Waals surface area contributed by atoms with Crippen LogP contribution in [0.5, 0.6) is 0 Å². The van der Waals surface area contributed by atoms with Crippen molar-refractivity contribution in [3.05, 3.63) is 96.1 Å². The van der Waals surface area contributed by atoms with E-state index in [1.807, 2.05) is 36.4 Å². The highest BCUT2D eigenvalue weighted by Crippen LogP contribution is 2.43. The van der Waals surface area contributed by atoms with Crippen molar-refractivity contribution >= 4 is 30.5 Å². The van der Waals surface area contributed by atoms with E-state index in [0.717, 1.165) is 10.4 Å². The fourth-order valence-corrected chi connectivity index (χ4v) is 11.1. The van der Waals surface area contributed by atoms with Gasteiger partial charge in [-0.3, -0.25) is 14.5 Å². The van der Waals surface area contributed by atoms with Gasteiger partial charge in [-0.1, -0.05) is 93.6 Å². The van der Waals surface area contributed by atoms with E-state index in [1.54, 1.807) is 31.4 Å². The number of aliphatic hydroxyl groups is 1. The molecule has 1 N–H and O–H groups in total. The average molecular weight is 530 g/mol. The highest BCUT2D eigenvalue weighted by atomic mass is 28.4. The van der Waals surface area contributed by atoms with Gasteiger partial charge in [0.25, 0.3) is 20.1 Å². The third-order valence-corrected chi connectivity index (χ3v) is 13.1.